The highest BCUT2D eigenvalue weighted by Crippen LogP contribution is 2.13. The van der Waals surface area contributed by atoms with E-state index in [9.17, 15) is 0 Å². The molecule has 0 saturated heterocycles. The first-order chi connectivity index (χ1) is 8.33. The van der Waals surface area contributed by atoms with Gasteiger partial charge in [-0.2, -0.15) is 5.10 Å². The quantitative estimate of drug-likeness (QED) is 0.838. The van der Waals surface area contributed by atoms with Gasteiger partial charge in [0, 0.05) is 29.9 Å². The third-order valence-corrected chi connectivity index (χ3v) is 3.28. The molecule has 1 unspecified atom stereocenters. The fourth-order valence-corrected chi connectivity index (χ4v) is 2.08. The van der Waals surface area contributed by atoms with Crippen molar-refractivity contribution in [2.45, 2.75) is 73.0 Å². The molecule has 1 atom stereocenters. The monoisotopic (exact) mass is 251 g/mol. The normalized spacial score (nSPS) is 13.9. The second-order valence-corrected chi connectivity index (χ2v) is 6.43. The van der Waals surface area contributed by atoms with Crippen LogP contribution in [0.3, 0.4) is 0 Å². The Morgan fingerprint density at radius 1 is 1.39 bits per heavy atom. The number of nitrogens with one attached hydrogen (secondary N) is 1. The van der Waals surface area contributed by atoms with Gasteiger partial charge in [0.25, 0.3) is 0 Å². The lowest BCUT2D eigenvalue weighted by molar-refractivity contribution is 0.411. The van der Waals surface area contributed by atoms with E-state index in [2.05, 4.69) is 56.6 Å². The van der Waals surface area contributed by atoms with E-state index in [1.165, 1.54) is 24.1 Å². The second-order valence-electron chi connectivity index (χ2n) is 6.43. The summed E-state index contributed by atoms with van der Waals surface area (Å²) in [5.41, 5.74) is 2.77. The Labute approximate surface area is 112 Å². The third-order valence-electron chi connectivity index (χ3n) is 3.28. The van der Waals surface area contributed by atoms with Crippen LogP contribution in [0.25, 0.3) is 0 Å². The molecule has 0 saturated carbocycles. The van der Waals surface area contributed by atoms with Crippen molar-refractivity contribution >= 4 is 0 Å². The van der Waals surface area contributed by atoms with Crippen molar-refractivity contribution in [1.82, 2.24) is 15.1 Å². The zero-order valence-corrected chi connectivity index (χ0v) is 12.9. The van der Waals surface area contributed by atoms with E-state index in [0.717, 1.165) is 13.1 Å². The summed E-state index contributed by atoms with van der Waals surface area (Å²) in [6.07, 6.45) is 4.53. The molecule has 3 nitrogen and oxygen atoms in total. The standard InChI is InChI=1S/C15H29N3/c1-7-8-12(2)11-18-13(3)14(10-17-18)9-16-15(4,5)6/h10,12,16H,7-9,11H2,1-6H3. The first kappa shape index (κ1) is 15.2. The Balaban J connectivity index is 2.60. The highest BCUT2D eigenvalue weighted by Gasteiger charge is 2.13. The van der Waals surface area contributed by atoms with Crippen molar-refractivity contribution in [2.75, 3.05) is 0 Å². The van der Waals surface area contributed by atoms with Gasteiger partial charge in [0.15, 0.2) is 0 Å². The lowest BCUT2D eigenvalue weighted by Gasteiger charge is -2.20. The molecular formula is C15H29N3. The smallest absolute Gasteiger partial charge is 0.0537 e. The van der Waals surface area contributed by atoms with Gasteiger partial charge >= 0.3 is 0 Å². The number of aromatic nitrogens is 2. The van der Waals surface area contributed by atoms with E-state index in [1.54, 1.807) is 0 Å². The molecule has 0 fully saturated rings. The molecule has 104 valence electrons. The second kappa shape index (κ2) is 6.37. The van der Waals surface area contributed by atoms with Crippen LogP contribution >= 0.6 is 0 Å². The van der Waals surface area contributed by atoms with Gasteiger partial charge in [0.05, 0.1) is 6.20 Å². The Hall–Kier alpha value is -0.830. The third kappa shape index (κ3) is 4.81. The maximum Gasteiger partial charge on any atom is 0.0537 e. The van der Waals surface area contributed by atoms with Crippen LogP contribution in [0.4, 0.5) is 0 Å². The molecule has 1 aromatic rings. The SMILES string of the molecule is CCCC(C)Cn1ncc(CNC(C)(C)C)c1C. The Morgan fingerprint density at radius 3 is 2.61 bits per heavy atom. The molecule has 1 rings (SSSR count). The average Bonchev–Trinajstić information content (AvgIpc) is 2.57. The Kier molecular flexibility index (Phi) is 5.39. The van der Waals surface area contributed by atoms with E-state index in [0.29, 0.717) is 5.92 Å². The fraction of sp³-hybridized carbons (Fsp3) is 0.800. The van der Waals surface area contributed by atoms with Crippen LogP contribution in [0.1, 0.15) is 58.7 Å². The molecular weight excluding hydrogens is 222 g/mol. The molecule has 1 heterocycles. The van der Waals surface area contributed by atoms with E-state index in [1.807, 2.05) is 6.20 Å². The van der Waals surface area contributed by atoms with Crippen LogP contribution in [-0.2, 0) is 13.1 Å². The summed E-state index contributed by atoms with van der Waals surface area (Å²) in [4.78, 5) is 0. The highest BCUT2D eigenvalue weighted by molar-refractivity contribution is 5.16. The maximum absolute atomic E-state index is 4.52. The lowest BCUT2D eigenvalue weighted by Crippen LogP contribution is -2.35. The van der Waals surface area contributed by atoms with Gasteiger partial charge < -0.3 is 5.32 Å². The van der Waals surface area contributed by atoms with Crippen molar-refractivity contribution in [3.05, 3.63) is 17.5 Å². The summed E-state index contributed by atoms with van der Waals surface area (Å²) in [6.45, 7) is 15.2. The molecule has 3 heteroatoms. The summed E-state index contributed by atoms with van der Waals surface area (Å²) in [7, 11) is 0. The molecule has 0 radical (unpaired) electrons. The van der Waals surface area contributed by atoms with Crippen molar-refractivity contribution in [2.24, 2.45) is 5.92 Å². The Morgan fingerprint density at radius 2 is 2.06 bits per heavy atom. The van der Waals surface area contributed by atoms with Gasteiger partial charge in [-0.15, -0.1) is 0 Å². The summed E-state index contributed by atoms with van der Waals surface area (Å²) in [5.74, 6) is 0.706. The largest absolute Gasteiger partial charge is 0.308 e. The molecule has 0 aromatic carbocycles. The summed E-state index contributed by atoms with van der Waals surface area (Å²) in [6, 6.07) is 0. The summed E-state index contributed by atoms with van der Waals surface area (Å²) in [5, 5.41) is 8.03. The minimum absolute atomic E-state index is 0.157. The molecule has 0 aliphatic rings. The van der Waals surface area contributed by atoms with Gasteiger partial charge in [-0.3, -0.25) is 4.68 Å². The number of nitrogens with zero attached hydrogens (tertiary/aromatic N) is 2. The van der Waals surface area contributed by atoms with Crippen LogP contribution in [0.2, 0.25) is 0 Å². The molecule has 0 amide bonds. The zero-order chi connectivity index (χ0) is 13.8. The van der Waals surface area contributed by atoms with E-state index < -0.39 is 0 Å². The van der Waals surface area contributed by atoms with Crippen molar-refractivity contribution in [3.63, 3.8) is 0 Å². The van der Waals surface area contributed by atoms with Crippen molar-refractivity contribution in [3.8, 4) is 0 Å². The molecule has 1 aromatic heterocycles. The maximum atomic E-state index is 4.52. The number of hydrogen-bond acceptors (Lipinski definition) is 2. The Bertz CT molecular complexity index is 360. The molecule has 18 heavy (non-hydrogen) atoms. The fourth-order valence-electron chi connectivity index (χ4n) is 2.08. The minimum atomic E-state index is 0.157. The lowest BCUT2D eigenvalue weighted by atomic mass is 10.1. The van der Waals surface area contributed by atoms with Crippen LogP contribution in [0, 0.1) is 12.8 Å². The minimum Gasteiger partial charge on any atom is -0.308 e. The van der Waals surface area contributed by atoms with E-state index in [4.69, 9.17) is 0 Å². The molecule has 0 aliphatic carbocycles. The van der Waals surface area contributed by atoms with Gasteiger partial charge in [-0.25, -0.2) is 0 Å². The first-order valence-electron chi connectivity index (χ1n) is 7.09. The van der Waals surface area contributed by atoms with Gasteiger partial charge in [0.1, 0.15) is 0 Å². The summed E-state index contributed by atoms with van der Waals surface area (Å²) < 4.78 is 2.15. The van der Waals surface area contributed by atoms with Gasteiger partial charge in [-0.05, 0) is 40.0 Å². The molecule has 1 N–H and O–H groups in total. The molecule has 0 spiro atoms. The molecule has 0 aliphatic heterocycles. The van der Waals surface area contributed by atoms with Crippen LogP contribution in [0.15, 0.2) is 6.20 Å². The number of hydrogen-bond donors (Lipinski definition) is 1. The highest BCUT2D eigenvalue weighted by atomic mass is 15.3. The first-order valence-corrected chi connectivity index (χ1v) is 7.09. The van der Waals surface area contributed by atoms with E-state index >= 15 is 0 Å². The van der Waals surface area contributed by atoms with Crippen molar-refractivity contribution < 1.29 is 0 Å². The average molecular weight is 251 g/mol. The van der Waals surface area contributed by atoms with Crippen LogP contribution < -0.4 is 5.32 Å². The molecule has 0 bridgehead atoms. The number of rotatable bonds is 6. The zero-order valence-electron chi connectivity index (χ0n) is 12.9. The van der Waals surface area contributed by atoms with Crippen LogP contribution in [-0.4, -0.2) is 15.3 Å². The van der Waals surface area contributed by atoms with Gasteiger partial charge in [0.2, 0.25) is 0 Å². The predicted octanol–water partition coefficient (Wildman–Crippen LogP) is 3.52. The van der Waals surface area contributed by atoms with Crippen molar-refractivity contribution in [1.29, 1.82) is 0 Å². The van der Waals surface area contributed by atoms with E-state index in [-0.39, 0.29) is 5.54 Å². The predicted molar refractivity (Wildman–Crippen MR) is 77.6 cm³/mol. The van der Waals surface area contributed by atoms with Crippen LogP contribution in [0.5, 0.6) is 0 Å². The topological polar surface area (TPSA) is 29.9 Å². The van der Waals surface area contributed by atoms with Gasteiger partial charge in [-0.1, -0.05) is 20.3 Å². The summed E-state index contributed by atoms with van der Waals surface area (Å²) >= 11 is 0.